The van der Waals surface area contributed by atoms with Gasteiger partial charge in [0.15, 0.2) is 0 Å². The van der Waals surface area contributed by atoms with Crippen molar-refractivity contribution in [1.29, 1.82) is 0 Å². The largest absolute Gasteiger partial charge is 0.416 e. The smallest absolute Gasteiger partial charge is 0.383 e. The molecule has 2 aliphatic rings. The first-order valence-corrected chi connectivity index (χ1v) is 15.3. The van der Waals surface area contributed by atoms with E-state index < -0.39 is 17.6 Å². The summed E-state index contributed by atoms with van der Waals surface area (Å²) in [6.45, 7) is 2.21. The van der Waals surface area contributed by atoms with E-state index in [1.807, 2.05) is 17.8 Å². The summed E-state index contributed by atoms with van der Waals surface area (Å²) in [6.07, 6.45) is 6.36. The molecule has 13 heteroatoms. The number of rotatable bonds is 3. The number of carbonyl (C=O) groups excluding carboxylic acids is 2. The number of nitrogens with one attached hydrogen (secondary N) is 2. The summed E-state index contributed by atoms with van der Waals surface area (Å²) < 4.78 is 41.3. The highest BCUT2D eigenvalue weighted by Crippen LogP contribution is 2.40. The lowest BCUT2D eigenvalue weighted by atomic mass is 9.85. The van der Waals surface area contributed by atoms with E-state index in [4.69, 9.17) is 10.8 Å². The third kappa shape index (κ3) is 6.59. The van der Waals surface area contributed by atoms with Gasteiger partial charge in [0.05, 0.1) is 22.5 Å². The van der Waals surface area contributed by atoms with Crippen LogP contribution in [0.1, 0.15) is 59.6 Å². The molecule has 240 valence electrons. The number of nitrogens with zero attached hydrogens (tertiary/aromatic N) is 5. The molecule has 1 aliphatic carbocycles. The molecule has 2 bridgehead atoms. The zero-order valence-electron chi connectivity index (χ0n) is 25.3. The van der Waals surface area contributed by atoms with Gasteiger partial charge in [-0.25, -0.2) is 9.97 Å². The average molecular weight is 633 g/mol. The molecule has 6 rings (SSSR count). The molecule has 10 nitrogen and oxygen atoms in total. The minimum Gasteiger partial charge on any atom is -0.383 e. The number of benzene rings is 1. The van der Waals surface area contributed by atoms with Crippen molar-refractivity contribution in [2.45, 2.75) is 44.3 Å². The second kappa shape index (κ2) is 12.9. The van der Waals surface area contributed by atoms with Crippen LogP contribution in [0.4, 0.5) is 24.8 Å². The molecule has 4 N–H and O–H groups in total. The Morgan fingerprint density at radius 3 is 2.70 bits per heavy atom. The number of alkyl halides is 3. The first-order valence-electron chi connectivity index (χ1n) is 15.3. The topological polar surface area (TPSA) is 131 Å². The van der Waals surface area contributed by atoms with E-state index in [0.29, 0.717) is 35.4 Å². The van der Waals surface area contributed by atoms with Crippen LogP contribution >= 0.6 is 0 Å². The van der Waals surface area contributed by atoms with Gasteiger partial charge < -0.3 is 21.3 Å². The SMILES string of the molecule is CN1CC/C=C/c2cnc(N)c3c(-c4ccc(C(=O)Nc5cc(C(F)(F)F)ccn5)cc4)nn(c23)[C@@H]2CCC[C@H](C2)C(=O)NCC1. The molecule has 2 amide bonds. The monoisotopic (exact) mass is 632 g/mol. The van der Waals surface area contributed by atoms with Gasteiger partial charge in [0.2, 0.25) is 5.91 Å². The summed E-state index contributed by atoms with van der Waals surface area (Å²) in [7, 11) is 2.04. The molecular formula is C33H35F3N8O2. The van der Waals surface area contributed by atoms with Crippen LogP contribution in [0.25, 0.3) is 28.2 Å². The summed E-state index contributed by atoms with van der Waals surface area (Å²) in [6, 6.07) is 8.19. The van der Waals surface area contributed by atoms with Crippen LogP contribution in [0.15, 0.2) is 54.9 Å². The summed E-state index contributed by atoms with van der Waals surface area (Å²) >= 11 is 0. The molecule has 1 saturated carbocycles. The standard InChI is InChI=1S/C33H35F3N8O2/c1-43-15-3-2-5-23-19-40-30(37)27-28(42-44(29(23)27)25-7-4-6-22(17-25)31(45)39-14-16-43)20-8-10-21(11-9-20)32(46)41-26-18-24(12-13-38-26)33(34,35)36/h2,5,8-13,18-19,22,25H,3-4,6-7,14-17H2,1H3,(H2,37,40)(H,39,45)(H,38,41,46)/b5-2+/t22-,25-/m1/s1. The van der Waals surface area contributed by atoms with Gasteiger partial charge in [-0.1, -0.05) is 30.7 Å². The maximum absolute atomic E-state index is 13.1. The third-order valence-electron chi connectivity index (χ3n) is 8.66. The Morgan fingerprint density at radius 1 is 1.11 bits per heavy atom. The van der Waals surface area contributed by atoms with E-state index in [-0.39, 0.29) is 29.2 Å². The molecule has 1 fully saturated rings. The van der Waals surface area contributed by atoms with Gasteiger partial charge in [-0.15, -0.1) is 0 Å². The number of amides is 2. The minimum atomic E-state index is -4.56. The fourth-order valence-electron chi connectivity index (χ4n) is 6.21. The maximum Gasteiger partial charge on any atom is 0.416 e. The predicted molar refractivity (Wildman–Crippen MR) is 170 cm³/mol. The number of fused-ring (bicyclic) bond motifs is 3. The first-order chi connectivity index (χ1) is 22.1. The lowest BCUT2D eigenvalue weighted by Gasteiger charge is -2.29. The van der Waals surface area contributed by atoms with Crippen LogP contribution in [0.3, 0.4) is 0 Å². The van der Waals surface area contributed by atoms with E-state index in [1.165, 1.54) is 0 Å². The fraction of sp³-hybridized carbons (Fsp3) is 0.364. The molecule has 0 radical (unpaired) electrons. The van der Waals surface area contributed by atoms with E-state index in [9.17, 15) is 22.8 Å². The number of likely N-dealkylation sites (N-methyl/N-ethyl adjacent to an activating group) is 1. The van der Waals surface area contributed by atoms with Gasteiger partial charge in [-0.2, -0.15) is 18.3 Å². The normalized spacial score (nSPS) is 20.4. The number of anilines is 2. The van der Waals surface area contributed by atoms with Gasteiger partial charge in [0, 0.05) is 54.6 Å². The number of nitrogen functional groups attached to an aromatic ring is 1. The highest BCUT2D eigenvalue weighted by Gasteiger charge is 2.32. The lowest BCUT2D eigenvalue weighted by molar-refractivity contribution is -0.137. The summed E-state index contributed by atoms with van der Waals surface area (Å²) in [5.41, 5.74) is 8.82. The fourth-order valence-corrected chi connectivity index (χ4v) is 6.21. The van der Waals surface area contributed by atoms with E-state index in [0.717, 1.165) is 68.2 Å². The predicted octanol–water partition coefficient (Wildman–Crippen LogP) is 5.54. The quantitative estimate of drug-likeness (QED) is 0.270. The summed E-state index contributed by atoms with van der Waals surface area (Å²) in [5.74, 6) is -0.552. The highest BCUT2D eigenvalue weighted by atomic mass is 19.4. The zero-order chi connectivity index (χ0) is 32.4. The van der Waals surface area contributed by atoms with Crippen LogP contribution in [0.2, 0.25) is 0 Å². The summed E-state index contributed by atoms with van der Waals surface area (Å²) in [5, 5.41) is 11.3. The molecule has 0 saturated heterocycles. The van der Waals surface area contributed by atoms with Crippen molar-refractivity contribution < 1.29 is 22.8 Å². The van der Waals surface area contributed by atoms with Crippen LogP contribution in [-0.4, -0.2) is 63.1 Å². The van der Waals surface area contributed by atoms with Gasteiger partial charge in [-0.05, 0) is 57.0 Å². The van der Waals surface area contributed by atoms with Crippen molar-refractivity contribution in [3.8, 4) is 11.3 Å². The second-order valence-corrected chi connectivity index (χ2v) is 11.9. The van der Waals surface area contributed by atoms with Crippen LogP contribution in [0.5, 0.6) is 0 Å². The van der Waals surface area contributed by atoms with Crippen LogP contribution in [0, 0.1) is 5.92 Å². The van der Waals surface area contributed by atoms with Crippen molar-refractivity contribution in [3.05, 3.63) is 71.6 Å². The van der Waals surface area contributed by atoms with Crippen LogP contribution in [-0.2, 0) is 11.0 Å². The Balaban J connectivity index is 1.36. The average Bonchev–Trinajstić information content (AvgIpc) is 3.45. The number of hydrogen-bond donors (Lipinski definition) is 3. The van der Waals surface area contributed by atoms with Crippen molar-refractivity contribution in [2.75, 3.05) is 37.7 Å². The van der Waals surface area contributed by atoms with Crippen molar-refractivity contribution in [3.63, 3.8) is 0 Å². The Bertz CT molecular complexity index is 1780. The molecule has 2 atom stereocenters. The molecule has 1 aromatic carbocycles. The minimum absolute atomic E-state index is 0.0347. The molecule has 0 spiro atoms. The Kier molecular flexibility index (Phi) is 8.76. The molecule has 1 aliphatic heterocycles. The van der Waals surface area contributed by atoms with Crippen molar-refractivity contribution in [2.24, 2.45) is 5.92 Å². The van der Waals surface area contributed by atoms with Gasteiger partial charge in [0.25, 0.3) is 5.91 Å². The Morgan fingerprint density at radius 2 is 1.91 bits per heavy atom. The van der Waals surface area contributed by atoms with Gasteiger partial charge in [-0.3, -0.25) is 14.3 Å². The molecule has 3 aromatic heterocycles. The zero-order valence-corrected chi connectivity index (χ0v) is 25.3. The maximum atomic E-state index is 13.1. The van der Waals surface area contributed by atoms with E-state index in [2.05, 4.69) is 31.6 Å². The number of hydrogen-bond acceptors (Lipinski definition) is 7. The molecule has 4 aromatic rings. The van der Waals surface area contributed by atoms with Crippen molar-refractivity contribution in [1.82, 2.24) is 30.0 Å². The molecular weight excluding hydrogens is 597 g/mol. The Labute approximate surface area is 263 Å². The highest BCUT2D eigenvalue weighted by molar-refractivity contribution is 6.06. The molecule has 4 heterocycles. The number of carbonyl (C=O) groups is 2. The molecule has 0 unspecified atom stereocenters. The molecule has 46 heavy (non-hydrogen) atoms. The number of pyridine rings is 2. The van der Waals surface area contributed by atoms with Gasteiger partial charge in [0.1, 0.15) is 17.3 Å². The number of nitrogens with two attached hydrogens (primary N) is 1. The van der Waals surface area contributed by atoms with E-state index in [1.54, 1.807) is 30.5 Å². The van der Waals surface area contributed by atoms with Crippen LogP contribution < -0.4 is 16.4 Å². The number of aromatic nitrogens is 4. The first kappa shape index (κ1) is 31.2. The summed E-state index contributed by atoms with van der Waals surface area (Å²) in [4.78, 5) is 36.5. The third-order valence-corrected chi connectivity index (χ3v) is 8.66. The Hall–Kier alpha value is -4.78. The van der Waals surface area contributed by atoms with E-state index >= 15 is 0 Å². The number of halogens is 3. The van der Waals surface area contributed by atoms with Crippen molar-refractivity contribution >= 4 is 40.4 Å². The second-order valence-electron chi connectivity index (χ2n) is 11.9. The van der Waals surface area contributed by atoms with Gasteiger partial charge >= 0.3 is 6.18 Å². The lowest BCUT2D eigenvalue weighted by Crippen LogP contribution is -2.38.